The van der Waals surface area contributed by atoms with Crippen LogP contribution in [0.5, 0.6) is 0 Å². The van der Waals surface area contributed by atoms with Gasteiger partial charge in [-0.05, 0) is 18.6 Å². The summed E-state index contributed by atoms with van der Waals surface area (Å²) >= 11 is 11.1. The van der Waals surface area contributed by atoms with E-state index in [4.69, 9.17) is 23.2 Å². The van der Waals surface area contributed by atoms with Crippen LogP contribution < -0.4 is 0 Å². The van der Waals surface area contributed by atoms with Crippen LogP contribution in [0.2, 0.25) is 10.2 Å². The molecule has 1 heterocycles. The third-order valence-electron chi connectivity index (χ3n) is 0.901. The number of hydrogen-bond acceptors (Lipinski definition) is 1. The van der Waals surface area contributed by atoms with Crippen molar-refractivity contribution in [2.45, 2.75) is 0 Å². The van der Waals surface area contributed by atoms with E-state index in [1.54, 1.807) is 6.07 Å². The molecule has 1 radical (unpaired) electrons. The van der Waals surface area contributed by atoms with Gasteiger partial charge in [-0.25, -0.2) is 4.98 Å². The Labute approximate surface area is 63.6 Å². The highest BCUT2D eigenvalue weighted by Crippen LogP contribution is 2.15. The summed E-state index contributed by atoms with van der Waals surface area (Å²) in [6.07, 6.45) is 1.48. The van der Waals surface area contributed by atoms with E-state index in [0.29, 0.717) is 15.7 Å². The molecular weight excluding hydrogens is 157 g/mol. The Bertz CT molecular complexity index is 222. The molecule has 0 aliphatic heterocycles. The summed E-state index contributed by atoms with van der Waals surface area (Å²) < 4.78 is 0. The molecule has 47 valence electrons. The number of rotatable bonds is 0. The lowest BCUT2D eigenvalue weighted by Crippen LogP contribution is -1.77. The molecular formula is C6H4Cl2N. The molecule has 1 aromatic heterocycles. The molecule has 1 nitrogen and oxygen atoms in total. The summed E-state index contributed by atoms with van der Waals surface area (Å²) in [5.41, 5.74) is 0.705. The van der Waals surface area contributed by atoms with Crippen LogP contribution in [-0.2, 0) is 0 Å². The van der Waals surface area contributed by atoms with Gasteiger partial charge in [0.05, 0.1) is 5.02 Å². The maximum absolute atomic E-state index is 5.60. The fourth-order valence-corrected chi connectivity index (χ4v) is 0.735. The SMILES string of the molecule is [CH2]c1cc(Cl)ncc1Cl. The molecule has 0 aliphatic rings. The fraction of sp³-hybridized carbons (Fsp3) is 0. The van der Waals surface area contributed by atoms with E-state index in [9.17, 15) is 0 Å². The zero-order valence-corrected chi connectivity index (χ0v) is 6.08. The lowest BCUT2D eigenvalue weighted by atomic mass is 10.3. The molecule has 3 heteroatoms. The molecule has 0 aromatic carbocycles. The van der Waals surface area contributed by atoms with E-state index in [1.807, 2.05) is 0 Å². The first kappa shape index (κ1) is 6.84. The average Bonchev–Trinajstić information content (AvgIpc) is 1.80. The summed E-state index contributed by atoms with van der Waals surface area (Å²) in [5, 5.41) is 0.962. The van der Waals surface area contributed by atoms with Gasteiger partial charge >= 0.3 is 0 Å². The largest absolute Gasteiger partial charge is 0.243 e. The van der Waals surface area contributed by atoms with Crippen LogP contribution in [-0.4, -0.2) is 4.98 Å². The van der Waals surface area contributed by atoms with E-state index in [1.165, 1.54) is 6.20 Å². The zero-order chi connectivity index (χ0) is 6.85. The molecule has 9 heavy (non-hydrogen) atoms. The number of nitrogens with zero attached hydrogens (tertiary/aromatic N) is 1. The van der Waals surface area contributed by atoms with Gasteiger partial charge in [-0.2, -0.15) is 0 Å². The molecule has 0 fully saturated rings. The van der Waals surface area contributed by atoms with Gasteiger partial charge < -0.3 is 0 Å². The topological polar surface area (TPSA) is 12.9 Å². The molecule has 0 unspecified atom stereocenters. The van der Waals surface area contributed by atoms with Gasteiger partial charge in [0.25, 0.3) is 0 Å². The van der Waals surface area contributed by atoms with Gasteiger partial charge in [0.2, 0.25) is 0 Å². The van der Waals surface area contributed by atoms with Crippen molar-refractivity contribution in [3.8, 4) is 0 Å². The smallest absolute Gasteiger partial charge is 0.129 e. The summed E-state index contributed by atoms with van der Waals surface area (Å²) in [4.78, 5) is 3.73. The predicted molar refractivity (Wildman–Crippen MR) is 38.7 cm³/mol. The maximum atomic E-state index is 5.60. The lowest BCUT2D eigenvalue weighted by Gasteiger charge is -1.93. The van der Waals surface area contributed by atoms with Gasteiger partial charge in [0.1, 0.15) is 5.15 Å². The van der Waals surface area contributed by atoms with E-state index in [0.717, 1.165) is 0 Å². The van der Waals surface area contributed by atoms with Gasteiger partial charge in [0, 0.05) is 6.20 Å². The predicted octanol–water partition coefficient (Wildman–Crippen LogP) is 2.57. The van der Waals surface area contributed by atoms with Gasteiger partial charge in [-0.15, -0.1) is 0 Å². The highest BCUT2D eigenvalue weighted by atomic mass is 35.5. The van der Waals surface area contributed by atoms with Crippen LogP contribution in [0.25, 0.3) is 0 Å². The number of aromatic nitrogens is 1. The fourth-order valence-electron chi connectivity index (χ4n) is 0.451. The average molecular weight is 161 g/mol. The summed E-state index contributed by atoms with van der Waals surface area (Å²) in [7, 11) is 0. The van der Waals surface area contributed by atoms with Crippen LogP contribution >= 0.6 is 23.2 Å². The molecule has 0 atom stereocenters. The van der Waals surface area contributed by atoms with E-state index < -0.39 is 0 Å². The Morgan fingerprint density at radius 3 is 2.56 bits per heavy atom. The molecule has 0 spiro atoms. The minimum absolute atomic E-state index is 0.421. The van der Waals surface area contributed by atoms with Crippen molar-refractivity contribution >= 4 is 23.2 Å². The number of hydrogen-bond donors (Lipinski definition) is 0. The quantitative estimate of drug-likeness (QED) is 0.532. The summed E-state index contributed by atoms with van der Waals surface area (Å²) in [5.74, 6) is 0. The third-order valence-corrected chi connectivity index (χ3v) is 1.45. The van der Waals surface area contributed by atoms with E-state index >= 15 is 0 Å². The molecule has 1 aromatic rings. The van der Waals surface area contributed by atoms with Crippen LogP contribution in [0.4, 0.5) is 0 Å². The van der Waals surface area contributed by atoms with E-state index in [2.05, 4.69) is 11.9 Å². The first-order valence-electron chi connectivity index (χ1n) is 2.33. The molecule has 0 saturated carbocycles. The van der Waals surface area contributed by atoms with Crippen molar-refractivity contribution < 1.29 is 0 Å². The molecule has 0 amide bonds. The van der Waals surface area contributed by atoms with E-state index in [-0.39, 0.29) is 0 Å². The van der Waals surface area contributed by atoms with Crippen molar-refractivity contribution in [2.75, 3.05) is 0 Å². The van der Waals surface area contributed by atoms with Gasteiger partial charge in [-0.3, -0.25) is 0 Å². The molecule has 0 N–H and O–H groups in total. The monoisotopic (exact) mass is 160 g/mol. The zero-order valence-electron chi connectivity index (χ0n) is 4.56. The standard InChI is InChI=1S/C6H4Cl2N/c1-4-2-6(8)9-3-5(4)7/h2-3H,1H2. The molecule has 0 aliphatic carbocycles. The minimum atomic E-state index is 0.421. The van der Waals surface area contributed by atoms with Crippen LogP contribution in [0.15, 0.2) is 12.3 Å². The first-order chi connectivity index (χ1) is 4.20. The maximum Gasteiger partial charge on any atom is 0.129 e. The Morgan fingerprint density at radius 2 is 2.11 bits per heavy atom. The van der Waals surface area contributed by atoms with Crippen molar-refractivity contribution in [1.82, 2.24) is 4.98 Å². The van der Waals surface area contributed by atoms with Crippen molar-refractivity contribution in [2.24, 2.45) is 0 Å². The Balaban J connectivity index is 3.17. The second-order valence-corrected chi connectivity index (χ2v) is 2.39. The first-order valence-corrected chi connectivity index (χ1v) is 3.09. The van der Waals surface area contributed by atoms with Crippen LogP contribution in [0.3, 0.4) is 0 Å². The highest BCUT2D eigenvalue weighted by Gasteiger charge is 1.94. The summed E-state index contributed by atoms with van der Waals surface area (Å²) in [6, 6.07) is 1.61. The second-order valence-electron chi connectivity index (χ2n) is 1.60. The highest BCUT2D eigenvalue weighted by molar-refractivity contribution is 6.32. The van der Waals surface area contributed by atoms with Crippen molar-refractivity contribution in [1.29, 1.82) is 0 Å². The molecule has 0 saturated heterocycles. The normalized spacial score (nSPS) is 9.67. The van der Waals surface area contributed by atoms with Crippen LogP contribution in [0, 0.1) is 6.92 Å². The number of halogens is 2. The van der Waals surface area contributed by atoms with Gasteiger partial charge in [-0.1, -0.05) is 23.2 Å². The minimum Gasteiger partial charge on any atom is -0.243 e. The second kappa shape index (κ2) is 2.54. The Hall–Kier alpha value is -0.270. The van der Waals surface area contributed by atoms with Gasteiger partial charge in [0.15, 0.2) is 0 Å². The molecule has 0 bridgehead atoms. The van der Waals surface area contributed by atoms with Crippen molar-refractivity contribution in [3.63, 3.8) is 0 Å². The third kappa shape index (κ3) is 1.57. The molecule has 1 rings (SSSR count). The Morgan fingerprint density at radius 1 is 1.44 bits per heavy atom. The van der Waals surface area contributed by atoms with Crippen molar-refractivity contribution in [3.05, 3.63) is 34.9 Å². The van der Waals surface area contributed by atoms with Crippen LogP contribution in [0.1, 0.15) is 5.56 Å². The summed E-state index contributed by atoms with van der Waals surface area (Å²) in [6.45, 7) is 3.62. The number of pyridine rings is 1. The Kier molecular flexibility index (Phi) is 1.94. The lowest BCUT2D eigenvalue weighted by molar-refractivity contribution is 1.31.